The second-order valence-corrected chi connectivity index (χ2v) is 10.2. The molecule has 0 bridgehead atoms. The molecule has 3 heteroatoms. The normalized spacial score (nSPS) is 24.8. The highest BCUT2D eigenvalue weighted by atomic mass is 32.2. The summed E-state index contributed by atoms with van der Waals surface area (Å²) < 4.78 is 22.8. The van der Waals surface area contributed by atoms with E-state index in [1.165, 1.54) is 113 Å². The van der Waals surface area contributed by atoms with Crippen LogP contribution in [0.4, 0.5) is 0 Å². The molecule has 0 spiro atoms. The van der Waals surface area contributed by atoms with Gasteiger partial charge in [0.05, 0.1) is 4.90 Å². The Morgan fingerprint density at radius 1 is 0.630 bits per heavy atom. The average Bonchev–Trinajstić information content (AvgIpc) is 2.74. The van der Waals surface area contributed by atoms with Gasteiger partial charge in [-0.2, -0.15) is 0 Å². The fourth-order valence-electron chi connectivity index (χ4n) is 6.01. The SMILES string of the molecule is O=S(O)c1c(C2CCCCC2)cc(C2CCCCC2)cc1C1CCCCC1. The van der Waals surface area contributed by atoms with Crippen molar-refractivity contribution in [3.63, 3.8) is 0 Å². The first kappa shape index (κ1) is 19.6. The molecule has 0 radical (unpaired) electrons. The summed E-state index contributed by atoms with van der Waals surface area (Å²) in [6, 6.07) is 4.75. The Kier molecular flexibility index (Phi) is 6.70. The summed E-state index contributed by atoms with van der Waals surface area (Å²) in [4.78, 5) is 0.813. The summed E-state index contributed by atoms with van der Waals surface area (Å²) >= 11 is -1.87. The summed E-state index contributed by atoms with van der Waals surface area (Å²) in [7, 11) is 0. The van der Waals surface area contributed by atoms with Crippen molar-refractivity contribution in [2.75, 3.05) is 0 Å². The van der Waals surface area contributed by atoms with Crippen LogP contribution in [0.1, 0.15) is 131 Å². The minimum Gasteiger partial charge on any atom is -0.302 e. The van der Waals surface area contributed by atoms with E-state index in [4.69, 9.17) is 0 Å². The molecule has 3 saturated carbocycles. The van der Waals surface area contributed by atoms with Crippen LogP contribution in [0.2, 0.25) is 0 Å². The molecule has 0 saturated heterocycles. The van der Waals surface area contributed by atoms with Crippen LogP contribution in [0.3, 0.4) is 0 Å². The lowest BCUT2D eigenvalue weighted by atomic mass is 9.76. The largest absolute Gasteiger partial charge is 0.302 e. The molecule has 0 aromatic heterocycles. The highest BCUT2D eigenvalue weighted by Crippen LogP contribution is 2.44. The summed E-state index contributed by atoms with van der Waals surface area (Å²) in [5.74, 6) is 1.66. The van der Waals surface area contributed by atoms with Gasteiger partial charge in [0.15, 0.2) is 11.1 Å². The first-order valence-electron chi connectivity index (χ1n) is 11.5. The molecule has 0 aliphatic heterocycles. The second kappa shape index (κ2) is 9.22. The molecule has 1 aromatic carbocycles. The van der Waals surface area contributed by atoms with Crippen molar-refractivity contribution in [3.8, 4) is 0 Å². The monoisotopic (exact) mass is 388 g/mol. The fraction of sp³-hybridized carbons (Fsp3) is 0.750. The molecule has 150 valence electrons. The minimum atomic E-state index is -1.87. The summed E-state index contributed by atoms with van der Waals surface area (Å²) in [6.07, 6.45) is 19.2. The summed E-state index contributed by atoms with van der Waals surface area (Å²) in [5.41, 5.74) is 3.99. The van der Waals surface area contributed by atoms with Crippen LogP contribution in [-0.2, 0) is 11.1 Å². The molecule has 1 aromatic rings. The Morgan fingerprint density at radius 2 is 1.00 bits per heavy atom. The molecular weight excluding hydrogens is 352 g/mol. The third-order valence-corrected chi connectivity index (χ3v) is 8.33. The number of hydrogen-bond acceptors (Lipinski definition) is 1. The van der Waals surface area contributed by atoms with Gasteiger partial charge in [0.25, 0.3) is 0 Å². The first-order valence-corrected chi connectivity index (χ1v) is 12.6. The molecule has 0 amide bonds. The lowest BCUT2D eigenvalue weighted by molar-refractivity contribution is 0.418. The van der Waals surface area contributed by atoms with Gasteiger partial charge in [-0.3, -0.25) is 0 Å². The van der Waals surface area contributed by atoms with Crippen molar-refractivity contribution in [3.05, 3.63) is 28.8 Å². The minimum absolute atomic E-state index is 0.496. The Bertz CT molecular complexity index is 611. The predicted octanol–water partition coefficient (Wildman–Crippen LogP) is 7.41. The van der Waals surface area contributed by atoms with Crippen LogP contribution in [0.15, 0.2) is 17.0 Å². The predicted molar refractivity (Wildman–Crippen MR) is 113 cm³/mol. The van der Waals surface area contributed by atoms with Crippen LogP contribution in [0.25, 0.3) is 0 Å². The van der Waals surface area contributed by atoms with Crippen LogP contribution < -0.4 is 0 Å². The van der Waals surface area contributed by atoms with Gasteiger partial charge in [-0.25, -0.2) is 4.21 Å². The fourth-order valence-corrected chi connectivity index (χ4v) is 6.86. The third kappa shape index (κ3) is 4.50. The molecule has 3 fully saturated rings. The van der Waals surface area contributed by atoms with Crippen molar-refractivity contribution < 1.29 is 8.76 Å². The van der Waals surface area contributed by atoms with E-state index >= 15 is 0 Å². The summed E-state index contributed by atoms with van der Waals surface area (Å²) in [6.45, 7) is 0. The van der Waals surface area contributed by atoms with Crippen LogP contribution in [0.5, 0.6) is 0 Å². The lowest BCUT2D eigenvalue weighted by Gasteiger charge is -2.31. The smallest absolute Gasteiger partial charge is 0.187 e. The molecule has 1 N–H and O–H groups in total. The number of hydrogen-bond donors (Lipinski definition) is 1. The highest BCUT2D eigenvalue weighted by Gasteiger charge is 2.29. The van der Waals surface area contributed by atoms with E-state index in [0.29, 0.717) is 17.8 Å². The van der Waals surface area contributed by atoms with E-state index in [9.17, 15) is 8.76 Å². The van der Waals surface area contributed by atoms with Crippen molar-refractivity contribution in [1.29, 1.82) is 0 Å². The van der Waals surface area contributed by atoms with Crippen molar-refractivity contribution in [2.24, 2.45) is 0 Å². The van der Waals surface area contributed by atoms with Gasteiger partial charge in [-0.1, -0.05) is 69.9 Å². The molecular formula is C24H36O2S. The maximum Gasteiger partial charge on any atom is 0.187 e. The molecule has 27 heavy (non-hydrogen) atoms. The Morgan fingerprint density at radius 3 is 1.37 bits per heavy atom. The highest BCUT2D eigenvalue weighted by molar-refractivity contribution is 7.79. The van der Waals surface area contributed by atoms with E-state index in [-0.39, 0.29) is 0 Å². The summed E-state index contributed by atoms with van der Waals surface area (Å²) in [5, 5.41) is 0. The molecule has 4 rings (SSSR count). The average molecular weight is 389 g/mol. The zero-order valence-corrected chi connectivity index (χ0v) is 17.6. The molecule has 2 nitrogen and oxygen atoms in total. The Balaban J connectivity index is 1.79. The van der Waals surface area contributed by atoms with Crippen LogP contribution in [-0.4, -0.2) is 8.76 Å². The van der Waals surface area contributed by atoms with Crippen molar-refractivity contribution in [2.45, 2.75) is 119 Å². The zero-order valence-electron chi connectivity index (χ0n) is 16.8. The zero-order chi connectivity index (χ0) is 18.6. The van der Waals surface area contributed by atoms with Gasteiger partial charge in [0, 0.05) is 0 Å². The van der Waals surface area contributed by atoms with Crippen LogP contribution >= 0.6 is 0 Å². The molecule has 3 aliphatic rings. The van der Waals surface area contributed by atoms with E-state index < -0.39 is 11.1 Å². The standard InChI is InChI=1S/C24H36O2S/c25-27(26)24-22(19-12-6-2-7-13-19)16-21(18-10-4-1-5-11-18)17-23(24)20-14-8-3-9-15-20/h16-20H,1-15H2,(H,25,26). The van der Waals surface area contributed by atoms with E-state index in [1.807, 2.05) is 0 Å². The van der Waals surface area contributed by atoms with Crippen molar-refractivity contribution in [1.82, 2.24) is 0 Å². The number of benzene rings is 1. The van der Waals surface area contributed by atoms with Crippen LogP contribution in [0, 0.1) is 0 Å². The van der Waals surface area contributed by atoms with Gasteiger partial charge in [0.2, 0.25) is 0 Å². The molecule has 1 unspecified atom stereocenters. The topological polar surface area (TPSA) is 37.3 Å². The quantitative estimate of drug-likeness (QED) is 0.545. The van der Waals surface area contributed by atoms with Crippen molar-refractivity contribution >= 4 is 11.1 Å². The Hall–Kier alpha value is -0.670. The second-order valence-electron chi connectivity index (χ2n) is 9.28. The maximum atomic E-state index is 12.5. The molecule has 0 heterocycles. The van der Waals surface area contributed by atoms with E-state index in [0.717, 1.165) is 4.90 Å². The van der Waals surface area contributed by atoms with E-state index in [1.54, 1.807) is 0 Å². The van der Waals surface area contributed by atoms with E-state index in [2.05, 4.69) is 12.1 Å². The first-order chi connectivity index (χ1) is 13.2. The Labute approximate surface area is 167 Å². The van der Waals surface area contributed by atoms with Gasteiger partial charge >= 0.3 is 0 Å². The number of rotatable bonds is 4. The lowest BCUT2D eigenvalue weighted by Crippen LogP contribution is -2.16. The van der Waals surface area contributed by atoms with Gasteiger partial charge in [0.1, 0.15) is 0 Å². The third-order valence-electron chi connectivity index (χ3n) is 7.51. The van der Waals surface area contributed by atoms with Gasteiger partial charge in [-0.05, 0) is 73.0 Å². The maximum absolute atomic E-state index is 12.5. The molecule has 1 atom stereocenters. The van der Waals surface area contributed by atoms with Gasteiger partial charge in [-0.15, -0.1) is 0 Å². The molecule has 3 aliphatic carbocycles. The van der Waals surface area contributed by atoms with Gasteiger partial charge < -0.3 is 4.55 Å².